The predicted molar refractivity (Wildman–Crippen MR) is 96.0 cm³/mol. The Morgan fingerprint density at radius 3 is 2.27 bits per heavy atom. The number of ether oxygens (including phenoxy) is 3. The van der Waals surface area contributed by atoms with Crippen LogP contribution in [0.5, 0.6) is 17.2 Å². The van der Waals surface area contributed by atoms with E-state index in [-0.39, 0.29) is 5.56 Å². The minimum Gasteiger partial charge on any atom is -0.493 e. The van der Waals surface area contributed by atoms with Gasteiger partial charge < -0.3 is 19.5 Å². The Hall–Kier alpha value is -2.79. The van der Waals surface area contributed by atoms with Gasteiger partial charge in [-0.1, -0.05) is 15.9 Å². The number of nitrogens with one attached hydrogen (secondary N) is 1. The molecule has 0 saturated carbocycles. The van der Waals surface area contributed by atoms with Gasteiger partial charge in [-0.25, -0.2) is 4.39 Å². The molecule has 1 atom stereocenters. The lowest BCUT2D eigenvalue weighted by molar-refractivity contribution is 0.0941. The Bertz CT molecular complexity index is 842. The maximum Gasteiger partial charge on any atom is 0.255 e. The van der Waals surface area contributed by atoms with Crippen molar-refractivity contribution in [1.29, 1.82) is 5.26 Å². The third kappa shape index (κ3) is 4.06. The summed E-state index contributed by atoms with van der Waals surface area (Å²) < 4.78 is 30.2. The van der Waals surface area contributed by atoms with Crippen LogP contribution in [0.2, 0.25) is 0 Å². The molecule has 0 aliphatic rings. The molecule has 0 fully saturated rings. The topological polar surface area (TPSA) is 80.6 Å². The van der Waals surface area contributed by atoms with Gasteiger partial charge in [-0.15, -0.1) is 0 Å². The van der Waals surface area contributed by atoms with Gasteiger partial charge in [0.1, 0.15) is 11.9 Å². The van der Waals surface area contributed by atoms with Crippen LogP contribution in [0, 0.1) is 17.1 Å². The number of hydrogen-bond acceptors (Lipinski definition) is 5. The van der Waals surface area contributed by atoms with E-state index in [9.17, 15) is 14.4 Å². The van der Waals surface area contributed by atoms with Crippen molar-refractivity contribution in [2.24, 2.45) is 0 Å². The first-order valence-corrected chi connectivity index (χ1v) is 8.19. The van der Waals surface area contributed by atoms with Crippen LogP contribution in [0.15, 0.2) is 34.8 Å². The van der Waals surface area contributed by atoms with E-state index in [2.05, 4.69) is 21.2 Å². The first-order chi connectivity index (χ1) is 12.4. The summed E-state index contributed by atoms with van der Waals surface area (Å²) in [4.78, 5) is 12.4. The number of amides is 1. The Kier molecular flexibility index (Phi) is 6.41. The second-order valence-electron chi connectivity index (χ2n) is 5.12. The van der Waals surface area contributed by atoms with E-state index in [0.29, 0.717) is 27.3 Å². The molecular formula is C18H16BrFN2O4. The number of hydrogen-bond donors (Lipinski definition) is 1. The Labute approximate surface area is 158 Å². The minimum atomic E-state index is -1.05. The summed E-state index contributed by atoms with van der Waals surface area (Å²) in [6.45, 7) is 0. The quantitative estimate of drug-likeness (QED) is 0.768. The molecule has 2 aromatic carbocycles. The molecule has 1 N–H and O–H groups in total. The van der Waals surface area contributed by atoms with E-state index in [1.54, 1.807) is 12.1 Å². The molecule has 0 bridgehead atoms. The highest BCUT2D eigenvalue weighted by Crippen LogP contribution is 2.39. The van der Waals surface area contributed by atoms with Gasteiger partial charge in [0.25, 0.3) is 5.91 Å². The van der Waals surface area contributed by atoms with Crippen molar-refractivity contribution >= 4 is 21.8 Å². The number of benzene rings is 2. The lowest BCUT2D eigenvalue weighted by Gasteiger charge is -2.17. The highest BCUT2D eigenvalue weighted by Gasteiger charge is 2.22. The van der Waals surface area contributed by atoms with Crippen molar-refractivity contribution in [2.45, 2.75) is 6.04 Å². The summed E-state index contributed by atoms with van der Waals surface area (Å²) in [6, 6.07) is 8.01. The molecule has 0 saturated heterocycles. The Balaban J connectivity index is 2.38. The molecule has 8 heteroatoms. The summed E-state index contributed by atoms with van der Waals surface area (Å²) in [5, 5.41) is 12.0. The Morgan fingerprint density at radius 2 is 1.77 bits per heavy atom. The third-order valence-electron chi connectivity index (χ3n) is 3.60. The smallest absolute Gasteiger partial charge is 0.255 e. The maximum absolute atomic E-state index is 13.9. The van der Waals surface area contributed by atoms with Crippen LogP contribution < -0.4 is 19.5 Å². The lowest BCUT2D eigenvalue weighted by atomic mass is 10.1. The highest BCUT2D eigenvalue weighted by atomic mass is 79.9. The molecule has 0 aliphatic carbocycles. The third-order valence-corrected chi connectivity index (χ3v) is 4.09. The number of rotatable bonds is 6. The molecular weight excluding hydrogens is 407 g/mol. The molecule has 0 aliphatic heterocycles. The number of nitrogens with zero attached hydrogens (tertiary/aromatic N) is 1. The van der Waals surface area contributed by atoms with Gasteiger partial charge in [0.15, 0.2) is 11.5 Å². The molecule has 1 unspecified atom stereocenters. The van der Waals surface area contributed by atoms with Gasteiger partial charge in [-0.3, -0.25) is 4.79 Å². The minimum absolute atomic E-state index is 0.174. The summed E-state index contributed by atoms with van der Waals surface area (Å²) in [5.41, 5.74) is 0.234. The van der Waals surface area contributed by atoms with Gasteiger partial charge in [0.05, 0.1) is 33.0 Å². The van der Waals surface area contributed by atoms with Crippen molar-refractivity contribution < 1.29 is 23.4 Å². The second kappa shape index (κ2) is 8.54. The van der Waals surface area contributed by atoms with E-state index >= 15 is 0 Å². The zero-order chi connectivity index (χ0) is 19.3. The normalized spacial score (nSPS) is 11.2. The van der Waals surface area contributed by atoms with Crippen molar-refractivity contribution in [3.63, 3.8) is 0 Å². The molecule has 0 aromatic heterocycles. The van der Waals surface area contributed by atoms with Gasteiger partial charge in [-0.05, 0) is 35.9 Å². The fraction of sp³-hybridized carbons (Fsp3) is 0.222. The van der Waals surface area contributed by atoms with Crippen LogP contribution in [0.4, 0.5) is 4.39 Å². The number of carbonyl (C=O) groups is 1. The highest BCUT2D eigenvalue weighted by molar-refractivity contribution is 9.10. The second-order valence-corrected chi connectivity index (χ2v) is 6.03. The molecule has 0 radical (unpaired) electrons. The van der Waals surface area contributed by atoms with Crippen LogP contribution in [0.3, 0.4) is 0 Å². The zero-order valence-corrected chi connectivity index (χ0v) is 15.9. The van der Waals surface area contributed by atoms with Gasteiger partial charge in [-0.2, -0.15) is 5.26 Å². The standard InChI is InChI=1S/C18H16BrFN2O4/c1-24-15-6-10(7-16(25-2)17(15)26-3)14(9-21)22-18(23)12-8-11(19)4-5-13(12)20/h4-8,14H,1-3H3,(H,22,23). The molecule has 1 amide bonds. The molecule has 2 aromatic rings. The number of carbonyl (C=O) groups excluding carboxylic acids is 1. The fourth-order valence-electron chi connectivity index (χ4n) is 2.34. The van der Waals surface area contributed by atoms with E-state index in [4.69, 9.17) is 14.2 Å². The first-order valence-electron chi connectivity index (χ1n) is 7.40. The van der Waals surface area contributed by atoms with Crippen LogP contribution in [-0.4, -0.2) is 27.2 Å². The van der Waals surface area contributed by atoms with E-state index in [0.717, 1.165) is 0 Å². The molecule has 2 rings (SSSR count). The SMILES string of the molecule is COc1cc(C(C#N)NC(=O)c2cc(Br)ccc2F)cc(OC)c1OC. The zero-order valence-electron chi connectivity index (χ0n) is 14.3. The van der Waals surface area contributed by atoms with Gasteiger partial charge >= 0.3 is 0 Å². The molecule has 136 valence electrons. The molecule has 26 heavy (non-hydrogen) atoms. The van der Waals surface area contributed by atoms with E-state index in [1.165, 1.54) is 39.5 Å². The average Bonchev–Trinajstić information content (AvgIpc) is 2.66. The number of methoxy groups -OCH3 is 3. The summed E-state index contributed by atoms with van der Waals surface area (Å²) >= 11 is 3.19. The van der Waals surface area contributed by atoms with Crippen LogP contribution in [-0.2, 0) is 0 Å². The molecule has 0 heterocycles. The van der Waals surface area contributed by atoms with E-state index in [1.807, 2.05) is 6.07 Å². The van der Waals surface area contributed by atoms with Crippen molar-refractivity contribution in [1.82, 2.24) is 5.32 Å². The number of halogens is 2. The van der Waals surface area contributed by atoms with Crippen LogP contribution in [0.25, 0.3) is 0 Å². The van der Waals surface area contributed by atoms with Crippen molar-refractivity contribution in [3.8, 4) is 23.3 Å². The molecule has 0 spiro atoms. The predicted octanol–water partition coefficient (Wildman–Crippen LogP) is 3.61. The average molecular weight is 423 g/mol. The maximum atomic E-state index is 13.9. The largest absolute Gasteiger partial charge is 0.493 e. The van der Waals surface area contributed by atoms with Gasteiger partial charge in [0, 0.05) is 4.47 Å². The lowest BCUT2D eigenvalue weighted by Crippen LogP contribution is -2.28. The monoisotopic (exact) mass is 422 g/mol. The van der Waals surface area contributed by atoms with Gasteiger partial charge in [0.2, 0.25) is 5.75 Å². The fourth-order valence-corrected chi connectivity index (χ4v) is 2.70. The Morgan fingerprint density at radius 1 is 1.15 bits per heavy atom. The van der Waals surface area contributed by atoms with Crippen molar-refractivity contribution in [2.75, 3.05) is 21.3 Å². The van der Waals surface area contributed by atoms with E-state index < -0.39 is 17.8 Å². The van der Waals surface area contributed by atoms with Crippen molar-refractivity contribution in [3.05, 3.63) is 51.7 Å². The van der Waals surface area contributed by atoms with Crippen LogP contribution in [0.1, 0.15) is 22.0 Å². The first kappa shape index (κ1) is 19.5. The summed E-state index contributed by atoms with van der Waals surface area (Å²) in [5.74, 6) is -0.369. The van der Waals surface area contributed by atoms with Crippen LogP contribution >= 0.6 is 15.9 Å². The number of nitriles is 1. The molecule has 6 nitrogen and oxygen atoms in total. The summed E-state index contributed by atoms with van der Waals surface area (Å²) in [6.07, 6.45) is 0. The summed E-state index contributed by atoms with van der Waals surface area (Å²) in [7, 11) is 4.34.